The van der Waals surface area contributed by atoms with E-state index in [9.17, 15) is 9.90 Å². The van der Waals surface area contributed by atoms with E-state index in [-0.39, 0.29) is 29.4 Å². The molecule has 2 N–H and O–H groups in total. The molecule has 0 aromatic carbocycles. The van der Waals surface area contributed by atoms with Gasteiger partial charge in [-0.25, -0.2) is 0 Å². The van der Waals surface area contributed by atoms with Gasteiger partial charge in [-0.2, -0.15) is 0 Å². The van der Waals surface area contributed by atoms with Gasteiger partial charge in [0, 0.05) is 19.0 Å². The number of hydrogen-bond donors (Lipinski definition) is 2. The lowest BCUT2D eigenvalue weighted by atomic mass is 10.1. The molecule has 2 atom stereocenters. The number of amides is 1. The second-order valence-corrected chi connectivity index (χ2v) is 5.51. The van der Waals surface area contributed by atoms with Gasteiger partial charge in [-0.3, -0.25) is 14.8 Å². The molecular formula is C17H19N3O4. The Morgan fingerprint density at radius 1 is 1.38 bits per heavy atom. The molecule has 1 fully saturated rings. The van der Waals surface area contributed by atoms with Crippen LogP contribution in [-0.4, -0.2) is 46.3 Å². The molecule has 0 bridgehead atoms. The first kappa shape index (κ1) is 16.4. The predicted molar refractivity (Wildman–Crippen MR) is 85.4 cm³/mol. The Balaban J connectivity index is 1.62. The lowest BCUT2D eigenvalue weighted by molar-refractivity contribution is -0.0743. The molecule has 2 aromatic rings. The average Bonchev–Trinajstić information content (AvgIpc) is 2.62. The zero-order valence-corrected chi connectivity index (χ0v) is 13.1. The van der Waals surface area contributed by atoms with Crippen LogP contribution in [0.3, 0.4) is 0 Å². The smallest absolute Gasteiger partial charge is 0.255 e. The van der Waals surface area contributed by atoms with Gasteiger partial charge in [0.05, 0.1) is 36.7 Å². The maximum Gasteiger partial charge on any atom is 0.255 e. The highest BCUT2D eigenvalue weighted by atomic mass is 16.5. The number of carbonyl (C=O) groups excluding carboxylic acids is 1. The molecule has 1 aliphatic rings. The number of nitrogens with one attached hydrogen (secondary N) is 1. The molecule has 0 unspecified atom stereocenters. The fraction of sp³-hybridized carbons (Fsp3) is 0.353. The van der Waals surface area contributed by atoms with E-state index in [0.717, 1.165) is 5.69 Å². The van der Waals surface area contributed by atoms with Crippen LogP contribution in [-0.2, 0) is 16.1 Å². The van der Waals surface area contributed by atoms with Gasteiger partial charge in [-0.1, -0.05) is 6.07 Å². The summed E-state index contributed by atoms with van der Waals surface area (Å²) < 4.78 is 11.3. The molecule has 126 valence electrons. The predicted octanol–water partition coefficient (Wildman–Crippen LogP) is 1.29. The van der Waals surface area contributed by atoms with Crippen LogP contribution in [0, 0.1) is 0 Å². The fourth-order valence-corrected chi connectivity index (χ4v) is 2.54. The van der Waals surface area contributed by atoms with Crippen LogP contribution in [0.4, 0.5) is 0 Å². The minimum Gasteiger partial charge on any atom is -0.505 e. The molecule has 24 heavy (non-hydrogen) atoms. The molecule has 1 amide bonds. The van der Waals surface area contributed by atoms with E-state index in [4.69, 9.17) is 9.47 Å². The minimum atomic E-state index is -0.353. The van der Waals surface area contributed by atoms with Crippen LogP contribution in [0.2, 0.25) is 0 Å². The summed E-state index contributed by atoms with van der Waals surface area (Å²) in [5, 5.41) is 12.7. The van der Waals surface area contributed by atoms with Crippen LogP contribution >= 0.6 is 0 Å². The monoisotopic (exact) mass is 329 g/mol. The van der Waals surface area contributed by atoms with Crippen molar-refractivity contribution in [1.82, 2.24) is 15.3 Å². The Kier molecular flexibility index (Phi) is 5.35. The Labute approximate surface area is 139 Å². The van der Waals surface area contributed by atoms with Gasteiger partial charge in [-0.15, -0.1) is 0 Å². The Morgan fingerprint density at radius 2 is 2.29 bits per heavy atom. The minimum absolute atomic E-state index is 0.145. The molecule has 1 aliphatic heterocycles. The maximum atomic E-state index is 12.3. The third-order valence-corrected chi connectivity index (χ3v) is 3.84. The number of ether oxygens (including phenoxy) is 2. The number of nitrogens with zero attached hydrogens (tertiary/aromatic N) is 2. The van der Waals surface area contributed by atoms with Crippen molar-refractivity contribution < 1.29 is 19.4 Å². The molecule has 0 saturated carbocycles. The first-order valence-electron chi connectivity index (χ1n) is 7.77. The standard InChI is InChI=1S/C17H19N3O4/c21-15-9-18-7-4-13(15)17(22)20-14-5-8-23-11-16(14)24-10-12-3-1-2-6-19-12/h1-4,6-7,9,14,16,21H,5,8,10-11H2,(H,20,22)/t14-,16-/m0/s1. The van der Waals surface area contributed by atoms with E-state index in [2.05, 4.69) is 15.3 Å². The van der Waals surface area contributed by atoms with Gasteiger partial charge in [0.1, 0.15) is 11.9 Å². The molecule has 3 rings (SSSR count). The summed E-state index contributed by atoms with van der Waals surface area (Å²) in [4.78, 5) is 20.3. The molecule has 7 nitrogen and oxygen atoms in total. The molecular weight excluding hydrogens is 310 g/mol. The zero-order valence-electron chi connectivity index (χ0n) is 13.1. The lowest BCUT2D eigenvalue weighted by Gasteiger charge is -2.32. The normalized spacial score (nSPS) is 20.5. The average molecular weight is 329 g/mol. The van der Waals surface area contributed by atoms with Crippen molar-refractivity contribution in [2.45, 2.75) is 25.2 Å². The SMILES string of the molecule is O=C(N[C@H]1CCOC[C@@H]1OCc1ccccn1)c1ccncc1O. The van der Waals surface area contributed by atoms with Crippen LogP contribution in [0.15, 0.2) is 42.9 Å². The van der Waals surface area contributed by atoms with Gasteiger partial charge < -0.3 is 19.9 Å². The van der Waals surface area contributed by atoms with Crippen molar-refractivity contribution in [2.24, 2.45) is 0 Å². The highest BCUT2D eigenvalue weighted by Crippen LogP contribution is 2.17. The summed E-state index contributed by atoms with van der Waals surface area (Å²) in [6.45, 7) is 1.30. The number of aromatic hydroxyl groups is 1. The summed E-state index contributed by atoms with van der Waals surface area (Å²) >= 11 is 0. The molecule has 0 aliphatic carbocycles. The van der Waals surface area contributed by atoms with Gasteiger partial charge in [0.2, 0.25) is 0 Å². The highest BCUT2D eigenvalue weighted by molar-refractivity contribution is 5.96. The summed E-state index contributed by atoms with van der Waals surface area (Å²) in [7, 11) is 0. The number of rotatable bonds is 5. The largest absolute Gasteiger partial charge is 0.505 e. The van der Waals surface area contributed by atoms with Gasteiger partial charge >= 0.3 is 0 Å². The van der Waals surface area contributed by atoms with E-state index in [1.54, 1.807) is 6.20 Å². The van der Waals surface area contributed by atoms with Gasteiger partial charge in [0.25, 0.3) is 5.91 Å². The second-order valence-electron chi connectivity index (χ2n) is 5.51. The molecule has 2 aromatic heterocycles. The molecule has 3 heterocycles. The highest BCUT2D eigenvalue weighted by Gasteiger charge is 2.29. The van der Waals surface area contributed by atoms with Crippen molar-refractivity contribution in [3.8, 4) is 5.75 Å². The molecule has 0 radical (unpaired) electrons. The zero-order chi connectivity index (χ0) is 16.8. The molecule has 7 heteroatoms. The molecule has 1 saturated heterocycles. The van der Waals surface area contributed by atoms with Crippen LogP contribution < -0.4 is 5.32 Å². The third-order valence-electron chi connectivity index (χ3n) is 3.84. The van der Waals surface area contributed by atoms with Crippen molar-refractivity contribution >= 4 is 5.91 Å². The Bertz CT molecular complexity index is 681. The van der Waals surface area contributed by atoms with Crippen LogP contribution in [0.25, 0.3) is 0 Å². The number of carbonyl (C=O) groups is 1. The lowest BCUT2D eigenvalue weighted by Crippen LogP contribution is -2.50. The summed E-state index contributed by atoms with van der Waals surface area (Å²) in [5.41, 5.74) is 1.01. The number of aromatic nitrogens is 2. The Hall–Kier alpha value is -2.51. The van der Waals surface area contributed by atoms with E-state index >= 15 is 0 Å². The van der Waals surface area contributed by atoms with Crippen LogP contribution in [0.5, 0.6) is 5.75 Å². The van der Waals surface area contributed by atoms with Crippen molar-refractivity contribution in [1.29, 1.82) is 0 Å². The van der Waals surface area contributed by atoms with Crippen molar-refractivity contribution in [2.75, 3.05) is 13.2 Å². The summed E-state index contributed by atoms with van der Waals surface area (Å²) in [5.74, 6) is -0.499. The maximum absolute atomic E-state index is 12.3. The van der Waals surface area contributed by atoms with E-state index in [0.29, 0.717) is 26.2 Å². The van der Waals surface area contributed by atoms with Crippen LogP contribution in [0.1, 0.15) is 22.5 Å². The first-order chi connectivity index (χ1) is 11.7. The number of pyridine rings is 2. The van der Waals surface area contributed by atoms with E-state index in [1.807, 2.05) is 18.2 Å². The number of hydrogen-bond acceptors (Lipinski definition) is 6. The Morgan fingerprint density at radius 3 is 3.08 bits per heavy atom. The van der Waals surface area contributed by atoms with Gasteiger partial charge in [0.15, 0.2) is 0 Å². The molecule has 0 spiro atoms. The third kappa shape index (κ3) is 4.06. The van der Waals surface area contributed by atoms with E-state index in [1.165, 1.54) is 18.5 Å². The fourth-order valence-electron chi connectivity index (χ4n) is 2.54. The summed E-state index contributed by atoms with van der Waals surface area (Å²) in [6, 6.07) is 6.91. The quantitative estimate of drug-likeness (QED) is 0.858. The second kappa shape index (κ2) is 7.85. The van der Waals surface area contributed by atoms with Crippen molar-refractivity contribution in [3.63, 3.8) is 0 Å². The van der Waals surface area contributed by atoms with E-state index < -0.39 is 0 Å². The van der Waals surface area contributed by atoms with Gasteiger partial charge in [-0.05, 0) is 24.6 Å². The van der Waals surface area contributed by atoms with Crippen molar-refractivity contribution in [3.05, 3.63) is 54.1 Å². The topological polar surface area (TPSA) is 93.6 Å². The summed E-state index contributed by atoms with van der Waals surface area (Å²) in [6.07, 6.45) is 4.79. The first-order valence-corrected chi connectivity index (χ1v) is 7.77.